The van der Waals surface area contributed by atoms with Gasteiger partial charge in [0, 0.05) is 6.07 Å². The lowest BCUT2D eigenvalue weighted by Gasteiger charge is -2.08. The second kappa shape index (κ2) is 7.96. The topological polar surface area (TPSA) is 79.9 Å². The minimum Gasteiger partial charge on any atom is -0.367 e. The number of carbonyl (C=O) groups excluding carboxylic acids is 1. The van der Waals surface area contributed by atoms with E-state index in [0.717, 1.165) is 11.3 Å². The Hall–Kier alpha value is -2.65. The first-order valence-electron chi connectivity index (χ1n) is 7.02. The van der Waals surface area contributed by atoms with Crippen molar-refractivity contribution in [1.82, 2.24) is 9.78 Å². The van der Waals surface area contributed by atoms with Crippen molar-refractivity contribution in [2.75, 3.05) is 11.9 Å². The highest BCUT2D eigenvalue weighted by Gasteiger charge is 2.09. The van der Waals surface area contributed by atoms with Crippen LogP contribution in [0, 0.1) is 18.3 Å². The van der Waals surface area contributed by atoms with E-state index >= 15 is 0 Å². The summed E-state index contributed by atoms with van der Waals surface area (Å²) in [5.41, 5.74) is 1.81. The highest BCUT2D eigenvalue weighted by molar-refractivity contribution is 5.90. The zero-order valence-electron chi connectivity index (χ0n) is 12.5. The summed E-state index contributed by atoms with van der Waals surface area (Å²) in [6, 6.07) is 13.5. The van der Waals surface area contributed by atoms with Crippen LogP contribution in [0.1, 0.15) is 17.7 Å². The Bertz CT molecular complexity index is 659. The summed E-state index contributed by atoms with van der Waals surface area (Å²) in [5.74, 6) is 0.343. The number of amides is 1. The van der Waals surface area contributed by atoms with Gasteiger partial charge in [0.1, 0.15) is 12.4 Å². The Kier molecular flexibility index (Phi) is 5.69. The van der Waals surface area contributed by atoms with Gasteiger partial charge in [0.2, 0.25) is 0 Å². The second-order valence-corrected chi connectivity index (χ2v) is 4.83. The lowest BCUT2D eigenvalue weighted by Crippen LogP contribution is -2.20. The number of aromatic nitrogens is 2. The standard InChI is InChI=1S/C16H18N4O2/c1-13-10-15(20(19-13)9-5-8-17)18-16(21)12-22-11-14-6-3-2-4-7-14/h2-4,6-7,10H,5,9,11-12H2,1H3,(H,18,21). The van der Waals surface area contributed by atoms with E-state index in [4.69, 9.17) is 10.00 Å². The van der Waals surface area contributed by atoms with Crippen LogP contribution in [0.25, 0.3) is 0 Å². The molecule has 0 aliphatic carbocycles. The average molecular weight is 298 g/mol. The predicted molar refractivity (Wildman–Crippen MR) is 81.9 cm³/mol. The number of nitrogens with zero attached hydrogens (tertiary/aromatic N) is 3. The molecule has 2 aromatic rings. The molecule has 0 saturated carbocycles. The third-order valence-electron chi connectivity index (χ3n) is 2.95. The largest absolute Gasteiger partial charge is 0.367 e. The van der Waals surface area contributed by atoms with Gasteiger partial charge in [-0.25, -0.2) is 4.68 Å². The van der Waals surface area contributed by atoms with Gasteiger partial charge in [0.15, 0.2) is 0 Å². The first kappa shape index (κ1) is 15.7. The molecule has 114 valence electrons. The Balaban J connectivity index is 1.83. The third-order valence-corrected chi connectivity index (χ3v) is 2.95. The average Bonchev–Trinajstić information content (AvgIpc) is 2.85. The fourth-order valence-corrected chi connectivity index (χ4v) is 1.99. The lowest BCUT2D eigenvalue weighted by molar-refractivity contribution is -0.121. The molecule has 0 bridgehead atoms. The molecule has 0 radical (unpaired) electrons. The number of benzene rings is 1. The molecule has 6 nitrogen and oxygen atoms in total. The van der Waals surface area contributed by atoms with Gasteiger partial charge in [-0.1, -0.05) is 30.3 Å². The van der Waals surface area contributed by atoms with Crippen LogP contribution in [0.15, 0.2) is 36.4 Å². The fraction of sp³-hybridized carbons (Fsp3) is 0.312. The number of hydrogen-bond donors (Lipinski definition) is 1. The summed E-state index contributed by atoms with van der Waals surface area (Å²) >= 11 is 0. The van der Waals surface area contributed by atoms with Crippen LogP contribution < -0.4 is 5.32 Å². The van der Waals surface area contributed by atoms with Crippen LogP contribution in [0.3, 0.4) is 0 Å². The second-order valence-electron chi connectivity index (χ2n) is 4.83. The van der Waals surface area contributed by atoms with E-state index in [2.05, 4.69) is 16.5 Å². The van der Waals surface area contributed by atoms with Crippen LogP contribution in [0.4, 0.5) is 5.82 Å². The number of ether oxygens (including phenoxy) is 1. The molecule has 1 amide bonds. The van der Waals surface area contributed by atoms with E-state index in [0.29, 0.717) is 25.4 Å². The van der Waals surface area contributed by atoms with Crippen LogP contribution in [-0.4, -0.2) is 22.3 Å². The van der Waals surface area contributed by atoms with E-state index in [1.165, 1.54) is 0 Å². The van der Waals surface area contributed by atoms with Crippen molar-refractivity contribution in [2.24, 2.45) is 0 Å². The Morgan fingerprint density at radius 2 is 2.18 bits per heavy atom. The predicted octanol–water partition coefficient (Wildman–Crippen LogP) is 2.26. The molecule has 0 aliphatic rings. The maximum absolute atomic E-state index is 11.9. The zero-order valence-corrected chi connectivity index (χ0v) is 12.5. The number of aryl methyl sites for hydroxylation is 2. The minimum absolute atomic E-state index is 0.0304. The zero-order chi connectivity index (χ0) is 15.8. The summed E-state index contributed by atoms with van der Waals surface area (Å²) in [7, 11) is 0. The molecule has 1 heterocycles. The van der Waals surface area contributed by atoms with E-state index in [9.17, 15) is 4.79 Å². The van der Waals surface area contributed by atoms with Gasteiger partial charge in [-0.2, -0.15) is 10.4 Å². The van der Waals surface area contributed by atoms with Crippen molar-refractivity contribution in [3.05, 3.63) is 47.7 Å². The van der Waals surface area contributed by atoms with Crippen molar-refractivity contribution >= 4 is 11.7 Å². The number of rotatable bonds is 7. The molecule has 1 aromatic carbocycles. The SMILES string of the molecule is Cc1cc(NC(=O)COCc2ccccc2)n(CCC#N)n1. The first-order valence-corrected chi connectivity index (χ1v) is 7.02. The normalized spacial score (nSPS) is 10.2. The molecule has 2 rings (SSSR count). The monoisotopic (exact) mass is 298 g/mol. The van der Waals surface area contributed by atoms with Gasteiger partial charge in [0.05, 0.1) is 31.3 Å². The molecule has 22 heavy (non-hydrogen) atoms. The summed E-state index contributed by atoms with van der Waals surface area (Å²) in [4.78, 5) is 11.9. The van der Waals surface area contributed by atoms with Gasteiger partial charge in [-0.3, -0.25) is 4.79 Å². The number of nitriles is 1. The smallest absolute Gasteiger partial charge is 0.251 e. The van der Waals surface area contributed by atoms with Crippen molar-refractivity contribution in [1.29, 1.82) is 5.26 Å². The van der Waals surface area contributed by atoms with Crippen LogP contribution >= 0.6 is 0 Å². The Morgan fingerprint density at radius 1 is 1.41 bits per heavy atom. The maximum atomic E-state index is 11.9. The third kappa shape index (κ3) is 4.72. The summed E-state index contributed by atoms with van der Waals surface area (Å²) < 4.78 is 7.01. The molecule has 0 fully saturated rings. The van der Waals surface area contributed by atoms with E-state index in [1.54, 1.807) is 10.7 Å². The van der Waals surface area contributed by atoms with Gasteiger partial charge in [-0.15, -0.1) is 0 Å². The van der Waals surface area contributed by atoms with Gasteiger partial charge in [-0.05, 0) is 12.5 Å². The summed E-state index contributed by atoms with van der Waals surface area (Å²) in [6.45, 7) is 2.65. The van der Waals surface area contributed by atoms with Crippen molar-refractivity contribution in [2.45, 2.75) is 26.5 Å². The fourth-order valence-electron chi connectivity index (χ4n) is 1.99. The van der Waals surface area contributed by atoms with E-state index < -0.39 is 0 Å². The molecule has 6 heteroatoms. The maximum Gasteiger partial charge on any atom is 0.251 e. The molecule has 0 saturated heterocycles. The highest BCUT2D eigenvalue weighted by atomic mass is 16.5. The minimum atomic E-state index is -0.242. The van der Waals surface area contributed by atoms with Crippen LogP contribution in [0.5, 0.6) is 0 Å². The van der Waals surface area contributed by atoms with Crippen LogP contribution in [-0.2, 0) is 22.7 Å². The molecular formula is C16H18N4O2. The van der Waals surface area contributed by atoms with Crippen molar-refractivity contribution in [3.63, 3.8) is 0 Å². The lowest BCUT2D eigenvalue weighted by atomic mass is 10.2. The molecule has 0 atom stereocenters. The molecule has 0 spiro atoms. The number of carbonyl (C=O) groups is 1. The molecule has 0 aliphatic heterocycles. The molecule has 1 aromatic heterocycles. The summed E-state index contributed by atoms with van der Waals surface area (Å²) in [6.07, 6.45) is 0.342. The highest BCUT2D eigenvalue weighted by Crippen LogP contribution is 2.11. The molecule has 0 unspecified atom stereocenters. The van der Waals surface area contributed by atoms with Crippen molar-refractivity contribution < 1.29 is 9.53 Å². The Morgan fingerprint density at radius 3 is 2.91 bits per heavy atom. The van der Waals surface area contributed by atoms with Gasteiger partial charge < -0.3 is 10.1 Å². The Labute approximate surface area is 129 Å². The summed E-state index contributed by atoms with van der Waals surface area (Å²) in [5, 5.41) is 15.6. The molecule has 1 N–H and O–H groups in total. The number of hydrogen-bond acceptors (Lipinski definition) is 4. The number of nitrogens with one attached hydrogen (secondary N) is 1. The first-order chi connectivity index (χ1) is 10.7. The number of anilines is 1. The van der Waals surface area contributed by atoms with Crippen molar-refractivity contribution in [3.8, 4) is 6.07 Å². The van der Waals surface area contributed by atoms with Gasteiger partial charge >= 0.3 is 0 Å². The van der Waals surface area contributed by atoms with E-state index in [-0.39, 0.29) is 12.5 Å². The quantitative estimate of drug-likeness (QED) is 0.850. The van der Waals surface area contributed by atoms with E-state index in [1.807, 2.05) is 37.3 Å². The van der Waals surface area contributed by atoms with Gasteiger partial charge in [0.25, 0.3) is 5.91 Å². The molecular weight excluding hydrogens is 280 g/mol. The van der Waals surface area contributed by atoms with Crippen LogP contribution in [0.2, 0.25) is 0 Å².